The van der Waals surface area contributed by atoms with Gasteiger partial charge in [-0.2, -0.15) is 0 Å². The number of morpholine rings is 1. The van der Waals surface area contributed by atoms with Crippen molar-refractivity contribution in [2.45, 2.75) is 30.6 Å². The molecule has 9 heteroatoms. The monoisotopic (exact) mass is 473 g/mol. The summed E-state index contributed by atoms with van der Waals surface area (Å²) in [5.41, 5.74) is 1.75. The zero-order valence-corrected chi connectivity index (χ0v) is 19.8. The van der Waals surface area contributed by atoms with Gasteiger partial charge >= 0.3 is 0 Å². The fourth-order valence-electron chi connectivity index (χ4n) is 4.24. The maximum absolute atomic E-state index is 13.2. The summed E-state index contributed by atoms with van der Waals surface area (Å²) in [6.07, 6.45) is 4.11. The summed E-state index contributed by atoms with van der Waals surface area (Å²) in [6.45, 7) is 4.34. The van der Waals surface area contributed by atoms with E-state index in [0.717, 1.165) is 44.5 Å². The van der Waals surface area contributed by atoms with Gasteiger partial charge in [0.1, 0.15) is 5.75 Å². The number of hydrogen-bond donors (Lipinski definition) is 1. The van der Waals surface area contributed by atoms with Crippen LogP contribution in [-0.4, -0.2) is 65.7 Å². The Balaban J connectivity index is 1.53. The van der Waals surface area contributed by atoms with Crippen LogP contribution in [0.25, 0.3) is 0 Å². The molecule has 2 saturated heterocycles. The summed E-state index contributed by atoms with van der Waals surface area (Å²) in [6, 6.07) is 11.7. The molecule has 0 bridgehead atoms. The Labute approximate surface area is 195 Å². The van der Waals surface area contributed by atoms with Crippen LogP contribution in [0, 0.1) is 0 Å². The number of rotatable bonds is 6. The number of anilines is 2. The smallest absolute Gasteiger partial charge is 0.261 e. The first-order valence-electron chi connectivity index (χ1n) is 11.4. The molecule has 2 aromatic carbocycles. The quantitative estimate of drug-likeness (QED) is 0.692. The van der Waals surface area contributed by atoms with Gasteiger partial charge in [0.2, 0.25) is 0 Å². The van der Waals surface area contributed by atoms with E-state index in [-0.39, 0.29) is 16.4 Å². The van der Waals surface area contributed by atoms with E-state index < -0.39 is 10.0 Å². The first kappa shape index (κ1) is 23.4. The van der Waals surface area contributed by atoms with Crippen LogP contribution in [0.5, 0.6) is 5.75 Å². The molecule has 33 heavy (non-hydrogen) atoms. The Kier molecular flexibility index (Phi) is 7.39. The Morgan fingerprint density at radius 3 is 2.24 bits per heavy atom. The van der Waals surface area contributed by atoms with Crippen LogP contribution in [0.1, 0.15) is 36.0 Å². The molecule has 8 nitrogen and oxygen atoms in total. The largest absolute Gasteiger partial charge is 0.496 e. The van der Waals surface area contributed by atoms with Crippen LogP contribution in [0.4, 0.5) is 11.4 Å². The molecule has 2 heterocycles. The number of carbonyl (C=O) groups is 1. The molecule has 0 saturated carbocycles. The second-order valence-corrected chi connectivity index (χ2v) is 10.0. The van der Waals surface area contributed by atoms with E-state index >= 15 is 0 Å². The molecule has 2 aliphatic heterocycles. The topological polar surface area (TPSA) is 88.2 Å². The first-order valence-corrected chi connectivity index (χ1v) is 12.9. The molecule has 4 rings (SSSR count). The van der Waals surface area contributed by atoms with Gasteiger partial charge in [-0.25, -0.2) is 8.42 Å². The third-order valence-electron chi connectivity index (χ3n) is 6.10. The van der Waals surface area contributed by atoms with Gasteiger partial charge in [0.15, 0.2) is 0 Å². The third-order valence-corrected chi connectivity index (χ3v) is 7.48. The Morgan fingerprint density at radius 1 is 0.939 bits per heavy atom. The molecule has 0 spiro atoms. The SMILES string of the molecule is COc1ccc(S(=O)(=O)Nc2ccc(N3CCOCC3)cc2)cc1C(=O)N1CCCCCC1. The molecule has 0 aliphatic carbocycles. The molecule has 0 atom stereocenters. The number of ether oxygens (including phenoxy) is 2. The van der Waals surface area contributed by atoms with Crippen LogP contribution in [0.2, 0.25) is 0 Å². The number of sulfonamides is 1. The second-order valence-electron chi connectivity index (χ2n) is 8.32. The number of nitrogens with one attached hydrogen (secondary N) is 1. The molecule has 2 fully saturated rings. The minimum atomic E-state index is -3.88. The van der Waals surface area contributed by atoms with Crippen molar-refractivity contribution in [3.05, 3.63) is 48.0 Å². The number of benzene rings is 2. The number of hydrogen-bond acceptors (Lipinski definition) is 6. The van der Waals surface area contributed by atoms with E-state index in [2.05, 4.69) is 9.62 Å². The molecule has 1 N–H and O–H groups in total. The van der Waals surface area contributed by atoms with Crippen LogP contribution < -0.4 is 14.4 Å². The van der Waals surface area contributed by atoms with E-state index in [1.165, 1.54) is 19.2 Å². The van der Waals surface area contributed by atoms with Gasteiger partial charge in [-0.3, -0.25) is 9.52 Å². The standard InChI is InChI=1S/C24H31N3O5S/c1-31-23-11-10-21(18-22(23)24(28)27-12-4-2-3-5-13-27)33(29,30)25-19-6-8-20(9-7-19)26-14-16-32-17-15-26/h6-11,18,25H,2-5,12-17H2,1H3. The maximum Gasteiger partial charge on any atom is 0.261 e. The summed E-state index contributed by atoms with van der Waals surface area (Å²) in [7, 11) is -2.40. The molecular formula is C24H31N3O5S. The number of methoxy groups -OCH3 is 1. The summed E-state index contributed by atoms with van der Waals surface area (Å²) in [5, 5.41) is 0. The number of likely N-dealkylation sites (tertiary alicyclic amines) is 1. The highest BCUT2D eigenvalue weighted by Crippen LogP contribution is 2.27. The van der Waals surface area contributed by atoms with E-state index in [1.807, 2.05) is 12.1 Å². The zero-order chi connectivity index (χ0) is 23.3. The minimum absolute atomic E-state index is 0.0266. The highest BCUT2D eigenvalue weighted by Gasteiger charge is 2.24. The third kappa shape index (κ3) is 5.59. The van der Waals surface area contributed by atoms with Gasteiger partial charge in [0.05, 0.1) is 30.8 Å². The molecule has 2 aliphatic rings. The average Bonchev–Trinajstić information content (AvgIpc) is 3.14. The van der Waals surface area contributed by atoms with Crippen molar-refractivity contribution >= 4 is 27.3 Å². The molecule has 2 aromatic rings. The predicted molar refractivity (Wildman–Crippen MR) is 128 cm³/mol. The van der Waals surface area contributed by atoms with Crippen LogP contribution >= 0.6 is 0 Å². The van der Waals surface area contributed by atoms with Crippen molar-refractivity contribution in [1.29, 1.82) is 0 Å². The Hall–Kier alpha value is -2.78. The summed E-state index contributed by atoms with van der Waals surface area (Å²) in [4.78, 5) is 17.2. The van der Waals surface area contributed by atoms with Gasteiger partial charge in [-0.15, -0.1) is 0 Å². The van der Waals surface area contributed by atoms with Crippen LogP contribution in [0.15, 0.2) is 47.4 Å². The van der Waals surface area contributed by atoms with Crippen molar-refractivity contribution in [2.24, 2.45) is 0 Å². The van der Waals surface area contributed by atoms with E-state index in [9.17, 15) is 13.2 Å². The zero-order valence-electron chi connectivity index (χ0n) is 19.0. The molecular weight excluding hydrogens is 442 g/mol. The van der Waals surface area contributed by atoms with Crippen molar-refractivity contribution in [3.8, 4) is 5.75 Å². The minimum Gasteiger partial charge on any atom is -0.496 e. The average molecular weight is 474 g/mol. The van der Waals surface area contributed by atoms with Crippen LogP contribution in [0.3, 0.4) is 0 Å². The van der Waals surface area contributed by atoms with Crippen LogP contribution in [-0.2, 0) is 14.8 Å². The fraction of sp³-hybridized carbons (Fsp3) is 0.458. The highest BCUT2D eigenvalue weighted by atomic mass is 32.2. The number of amides is 1. The van der Waals surface area contributed by atoms with Gasteiger partial charge in [0, 0.05) is 37.6 Å². The summed E-state index contributed by atoms with van der Waals surface area (Å²) >= 11 is 0. The predicted octanol–water partition coefficient (Wildman–Crippen LogP) is 3.35. The summed E-state index contributed by atoms with van der Waals surface area (Å²) < 4.78 is 39.5. The van der Waals surface area contributed by atoms with E-state index in [1.54, 1.807) is 23.1 Å². The normalized spacial score (nSPS) is 17.4. The number of nitrogens with zero attached hydrogens (tertiary/aromatic N) is 2. The lowest BCUT2D eigenvalue weighted by Gasteiger charge is -2.28. The van der Waals surface area contributed by atoms with Crippen molar-refractivity contribution < 1.29 is 22.7 Å². The maximum atomic E-state index is 13.2. The van der Waals surface area contributed by atoms with Gasteiger partial charge in [-0.05, 0) is 55.3 Å². The Morgan fingerprint density at radius 2 is 1.61 bits per heavy atom. The van der Waals surface area contributed by atoms with E-state index in [0.29, 0.717) is 37.7 Å². The van der Waals surface area contributed by atoms with Crippen molar-refractivity contribution in [2.75, 3.05) is 56.1 Å². The van der Waals surface area contributed by atoms with Crippen molar-refractivity contribution in [1.82, 2.24) is 4.90 Å². The van der Waals surface area contributed by atoms with Gasteiger partial charge in [0.25, 0.3) is 15.9 Å². The van der Waals surface area contributed by atoms with Crippen molar-refractivity contribution in [3.63, 3.8) is 0 Å². The summed E-state index contributed by atoms with van der Waals surface area (Å²) in [5.74, 6) is 0.179. The first-order chi connectivity index (χ1) is 16.0. The molecule has 1 amide bonds. The Bertz CT molecular complexity index is 1060. The lowest BCUT2D eigenvalue weighted by Crippen LogP contribution is -2.36. The fourth-order valence-corrected chi connectivity index (χ4v) is 5.33. The lowest BCUT2D eigenvalue weighted by atomic mass is 10.1. The van der Waals surface area contributed by atoms with Gasteiger partial charge < -0.3 is 19.3 Å². The lowest BCUT2D eigenvalue weighted by molar-refractivity contribution is 0.0758. The molecule has 0 unspecified atom stereocenters. The number of carbonyl (C=O) groups excluding carboxylic acids is 1. The highest BCUT2D eigenvalue weighted by molar-refractivity contribution is 7.92. The van der Waals surface area contributed by atoms with E-state index in [4.69, 9.17) is 9.47 Å². The van der Waals surface area contributed by atoms with Gasteiger partial charge in [-0.1, -0.05) is 12.8 Å². The molecule has 178 valence electrons. The molecule has 0 radical (unpaired) electrons. The second kappa shape index (κ2) is 10.4. The molecule has 0 aromatic heterocycles.